The predicted octanol–water partition coefficient (Wildman–Crippen LogP) is 1.22. The number of hydrogen-bond acceptors (Lipinski definition) is 3. The van der Waals surface area contributed by atoms with E-state index in [4.69, 9.17) is 0 Å². The molecule has 3 nitrogen and oxygen atoms in total. The van der Waals surface area contributed by atoms with Crippen LogP contribution in [0.4, 0.5) is 0 Å². The average Bonchev–Trinajstić information content (AvgIpc) is 2.02. The molecule has 1 unspecified atom stereocenters. The molecule has 0 aliphatic heterocycles. The standard InChI is InChI=1S/C10H21NO2S/c1-5-10(2,9-11-3)7-6-8-14(4,12)13/h5,11H,1,6-9H2,2-4H3. The lowest BCUT2D eigenvalue weighted by Crippen LogP contribution is -2.28. The lowest BCUT2D eigenvalue weighted by Gasteiger charge is -2.25. The van der Waals surface area contributed by atoms with E-state index in [-0.39, 0.29) is 11.2 Å². The average molecular weight is 219 g/mol. The summed E-state index contributed by atoms with van der Waals surface area (Å²) in [4.78, 5) is 0. The van der Waals surface area contributed by atoms with Crippen molar-refractivity contribution >= 4 is 9.84 Å². The zero-order valence-electron chi connectivity index (χ0n) is 9.34. The van der Waals surface area contributed by atoms with Crippen LogP contribution in [0.3, 0.4) is 0 Å². The van der Waals surface area contributed by atoms with Crippen LogP contribution in [0.1, 0.15) is 19.8 Å². The Kier molecular flexibility index (Phi) is 5.37. The molecule has 84 valence electrons. The van der Waals surface area contributed by atoms with E-state index in [1.54, 1.807) is 0 Å². The first-order valence-electron chi connectivity index (χ1n) is 4.79. The summed E-state index contributed by atoms with van der Waals surface area (Å²) in [6.07, 6.45) is 4.72. The van der Waals surface area contributed by atoms with Crippen LogP contribution in [0.15, 0.2) is 12.7 Å². The fraction of sp³-hybridized carbons (Fsp3) is 0.800. The minimum absolute atomic E-state index is 0.000556. The van der Waals surface area contributed by atoms with Gasteiger partial charge in [0.1, 0.15) is 9.84 Å². The van der Waals surface area contributed by atoms with Crippen LogP contribution in [-0.2, 0) is 9.84 Å². The normalized spacial score (nSPS) is 16.2. The molecule has 1 atom stereocenters. The Morgan fingerprint density at radius 3 is 2.43 bits per heavy atom. The number of rotatable bonds is 7. The quantitative estimate of drug-likeness (QED) is 0.655. The summed E-state index contributed by atoms with van der Waals surface area (Å²) in [5.41, 5.74) is -0.000556. The Bertz CT molecular complexity index is 272. The molecule has 0 spiro atoms. The SMILES string of the molecule is C=CC(C)(CCCS(C)(=O)=O)CNC. The molecular weight excluding hydrogens is 198 g/mol. The van der Waals surface area contributed by atoms with Gasteiger partial charge < -0.3 is 5.32 Å². The van der Waals surface area contributed by atoms with Gasteiger partial charge >= 0.3 is 0 Å². The molecule has 1 N–H and O–H groups in total. The zero-order chi connectivity index (χ0) is 11.2. The number of sulfone groups is 1. The number of nitrogens with one attached hydrogen (secondary N) is 1. The molecule has 0 saturated heterocycles. The Morgan fingerprint density at radius 2 is 2.07 bits per heavy atom. The highest BCUT2D eigenvalue weighted by Crippen LogP contribution is 2.23. The summed E-state index contributed by atoms with van der Waals surface area (Å²) in [5.74, 6) is 0.264. The van der Waals surface area contributed by atoms with Gasteiger partial charge in [-0.1, -0.05) is 13.0 Å². The van der Waals surface area contributed by atoms with Crippen LogP contribution in [0, 0.1) is 5.41 Å². The largest absolute Gasteiger partial charge is 0.319 e. The minimum atomic E-state index is -2.82. The zero-order valence-corrected chi connectivity index (χ0v) is 10.2. The van der Waals surface area contributed by atoms with Gasteiger partial charge in [-0.2, -0.15) is 0 Å². The maximum atomic E-state index is 10.9. The third kappa shape index (κ3) is 6.16. The summed E-state index contributed by atoms with van der Waals surface area (Å²) in [6, 6.07) is 0. The van der Waals surface area contributed by atoms with Gasteiger partial charge in [-0.05, 0) is 25.3 Å². The van der Waals surface area contributed by atoms with Crippen molar-refractivity contribution < 1.29 is 8.42 Å². The van der Waals surface area contributed by atoms with Crippen LogP contribution in [0.5, 0.6) is 0 Å². The molecule has 0 radical (unpaired) electrons. The first-order valence-corrected chi connectivity index (χ1v) is 6.85. The van der Waals surface area contributed by atoms with Gasteiger partial charge in [0.05, 0.1) is 0 Å². The molecule has 0 heterocycles. The third-order valence-corrected chi connectivity index (χ3v) is 3.37. The summed E-state index contributed by atoms with van der Waals surface area (Å²) in [7, 11) is -0.937. The maximum absolute atomic E-state index is 10.9. The van der Waals surface area contributed by atoms with Crippen molar-refractivity contribution in [3.8, 4) is 0 Å². The van der Waals surface area contributed by atoms with E-state index < -0.39 is 9.84 Å². The van der Waals surface area contributed by atoms with E-state index in [2.05, 4.69) is 18.8 Å². The van der Waals surface area contributed by atoms with Gasteiger partial charge in [0, 0.05) is 18.6 Å². The molecule has 0 aliphatic carbocycles. The lowest BCUT2D eigenvalue weighted by molar-refractivity contribution is 0.373. The van der Waals surface area contributed by atoms with Crippen LogP contribution >= 0.6 is 0 Å². The monoisotopic (exact) mass is 219 g/mol. The molecule has 0 saturated carbocycles. The van der Waals surface area contributed by atoms with Crippen molar-refractivity contribution in [2.75, 3.05) is 25.6 Å². The molecule has 0 amide bonds. The van der Waals surface area contributed by atoms with Crippen molar-refractivity contribution in [1.82, 2.24) is 5.32 Å². The summed E-state index contributed by atoms with van der Waals surface area (Å²) in [5, 5.41) is 3.09. The molecule has 0 aromatic rings. The van der Waals surface area contributed by atoms with Crippen molar-refractivity contribution in [3.63, 3.8) is 0 Å². The number of hydrogen-bond donors (Lipinski definition) is 1. The van der Waals surface area contributed by atoms with E-state index in [1.807, 2.05) is 13.1 Å². The second-order valence-electron chi connectivity index (χ2n) is 4.12. The topological polar surface area (TPSA) is 46.2 Å². The molecule has 0 aromatic heterocycles. The van der Waals surface area contributed by atoms with Crippen LogP contribution in [0.25, 0.3) is 0 Å². The van der Waals surface area contributed by atoms with Gasteiger partial charge in [-0.15, -0.1) is 6.58 Å². The van der Waals surface area contributed by atoms with Gasteiger partial charge in [-0.25, -0.2) is 8.42 Å². The Hall–Kier alpha value is -0.350. The van der Waals surface area contributed by atoms with Gasteiger partial charge in [0.15, 0.2) is 0 Å². The van der Waals surface area contributed by atoms with Crippen molar-refractivity contribution in [3.05, 3.63) is 12.7 Å². The highest BCUT2D eigenvalue weighted by molar-refractivity contribution is 7.90. The summed E-state index contributed by atoms with van der Waals surface area (Å²) in [6.45, 7) is 6.69. The molecule has 0 fully saturated rings. The Morgan fingerprint density at radius 1 is 1.50 bits per heavy atom. The molecule has 4 heteroatoms. The smallest absolute Gasteiger partial charge is 0.147 e. The van der Waals surface area contributed by atoms with Crippen LogP contribution in [0.2, 0.25) is 0 Å². The first kappa shape index (κ1) is 13.7. The van der Waals surface area contributed by atoms with Crippen molar-refractivity contribution in [2.24, 2.45) is 5.41 Å². The van der Waals surface area contributed by atoms with E-state index >= 15 is 0 Å². The molecule has 0 bridgehead atoms. The molecule has 0 aliphatic rings. The van der Waals surface area contributed by atoms with Crippen LogP contribution < -0.4 is 5.32 Å². The molecular formula is C10H21NO2S. The van der Waals surface area contributed by atoms with E-state index in [1.165, 1.54) is 6.26 Å². The Balaban J connectivity index is 4.02. The second kappa shape index (κ2) is 5.51. The summed E-state index contributed by atoms with van der Waals surface area (Å²) < 4.78 is 21.8. The third-order valence-electron chi connectivity index (χ3n) is 2.34. The van der Waals surface area contributed by atoms with Gasteiger partial charge in [0.2, 0.25) is 0 Å². The van der Waals surface area contributed by atoms with Crippen LogP contribution in [-0.4, -0.2) is 34.0 Å². The Labute approximate surface area is 87.5 Å². The molecule has 0 rings (SSSR count). The predicted molar refractivity (Wildman–Crippen MR) is 61.2 cm³/mol. The highest BCUT2D eigenvalue weighted by Gasteiger charge is 2.19. The molecule has 0 aromatic carbocycles. The van der Waals surface area contributed by atoms with Gasteiger partial charge in [0.25, 0.3) is 0 Å². The fourth-order valence-electron chi connectivity index (χ4n) is 1.40. The fourth-order valence-corrected chi connectivity index (χ4v) is 2.07. The lowest BCUT2D eigenvalue weighted by atomic mass is 9.86. The maximum Gasteiger partial charge on any atom is 0.147 e. The van der Waals surface area contributed by atoms with Crippen molar-refractivity contribution in [2.45, 2.75) is 19.8 Å². The van der Waals surface area contributed by atoms with Gasteiger partial charge in [-0.3, -0.25) is 0 Å². The highest BCUT2D eigenvalue weighted by atomic mass is 32.2. The van der Waals surface area contributed by atoms with E-state index in [9.17, 15) is 8.42 Å². The van der Waals surface area contributed by atoms with E-state index in [0.717, 1.165) is 13.0 Å². The molecule has 14 heavy (non-hydrogen) atoms. The first-order chi connectivity index (χ1) is 6.33. The van der Waals surface area contributed by atoms with Crippen molar-refractivity contribution in [1.29, 1.82) is 0 Å². The second-order valence-corrected chi connectivity index (χ2v) is 6.38. The summed E-state index contributed by atoms with van der Waals surface area (Å²) >= 11 is 0. The minimum Gasteiger partial charge on any atom is -0.319 e. The van der Waals surface area contributed by atoms with E-state index in [0.29, 0.717) is 6.42 Å².